The van der Waals surface area contributed by atoms with Gasteiger partial charge in [-0.05, 0) is 36.2 Å². The molecule has 0 heterocycles. The first-order valence-electron chi connectivity index (χ1n) is 6.33. The standard InChI is InChI=1S/C16H18N2O/c1-18(15-10-8-14(17)9-11-15)16(19)12-7-13-5-3-2-4-6-13/h2-6,8-11H,7,12,17H2,1H3. The van der Waals surface area contributed by atoms with E-state index < -0.39 is 0 Å². The molecule has 0 spiro atoms. The van der Waals surface area contributed by atoms with Gasteiger partial charge >= 0.3 is 0 Å². The van der Waals surface area contributed by atoms with Gasteiger partial charge in [0.25, 0.3) is 0 Å². The van der Waals surface area contributed by atoms with Gasteiger partial charge in [-0.25, -0.2) is 0 Å². The highest BCUT2D eigenvalue weighted by Gasteiger charge is 2.10. The topological polar surface area (TPSA) is 46.3 Å². The predicted octanol–water partition coefficient (Wildman–Crippen LogP) is 2.86. The van der Waals surface area contributed by atoms with Crippen LogP contribution in [-0.4, -0.2) is 13.0 Å². The third-order valence-electron chi connectivity index (χ3n) is 3.12. The first-order chi connectivity index (χ1) is 9.16. The molecule has 19 heavy (non-hydrogen) atoms. The summed E-state index contributed by atoms with van der Waals surface area (Å²) in [6.07, 6.45) is 1.27. The summed E-state index contributed by atoms with van der Waals surface area (Å²) in [5, 5.41) is 0. The van der Waals surface area contributed by atoms with Gasteiger partial charge in [0.15, 0.2) is 0 Å². The summed E-state index contributed by atoms with van der Waals surface area (Å²) in [4.78, 5) is 13.8. The number of anilines is 2. The Morgan fingerprint density at radius 2 is 1.68 bits per heavy atom. The number of amides is 1. The van der Waals surface area contributed by atoms with Crippen LogP contribution in [0.25, 0.3) is 0 Å². The van der Waals surface area contributed by atoms with Gasteiger partial charge < -0.3 is 10.6 Å². The molecule has 2 aromatic rings. The number of rotatable bonds is 4. The maximum Gasteiger partial charge on any atom is 0.227 e. The molecule has 0 aromatic heterocycles. The Morgan fingerprint density at radius 3 is 2.32 bits per heavy atom. The third-order valence-corrected chi connectivity index (χ3v) is 3.12. The number of nitrogen functional groups attached to an aromatic ring is 1. The highest BCUT2D eigenvalue weighted by molar-refractivity contribution is 5.93. The van der Waals surface area contributed by atoms with Gasteiger partial charge in [0, 0.05) is 24.8 Å². The molecule has 0 unspecified atom stereocenters. The molecule has 0 aliphatic rings. The summed E-state index contributed by atoms with van der Waals surface area (Å²) in [6.45, 7) is 0. The van der Waals surface area contributed by atoms with Crippen LogP contribution < -0.4 is 10.6 Å². The Labute approximate surface area is 113 Å². The van der Waals surface area contributed by atoms with Crippen LogP contribution in [0.3, 0.4) is 0 Å². The highest BCUT2D eigenvalue weighted by atomic mass is 16.2. The van der Waals surface area contributed by atoms with Crippen LogP contribution >= 0.6 is 0 Å². The van der Waals surface area contributed by atoms with E-state index in [4.69, 9.17) is 5.73 Å². The maximum atomic E-state index is 12.1. The number of hydrogen-bond acceptors (Lipinski definition) is 2. The largest absolute Gasteiger partial charge is 0.399 e. The molecular formula is C16H18N2O. The fourth-order valence-electron chi connectivity index (χ4n) is 1.91. The van der Waals surface area contributed by atoms with E-state index in [2.05, 4.69) is 0 Å². The number of hydrogen-bond donors (Lipinski definition) is 1. The number of benzene rings is 2. The van der Waals surface area contributed by atoms with E-state index in [1.54, 1.807) is 24.1 Å². The van der Waals surface area contributed by atoms with E-state index >= 15 is 0 Å². The number of carbonyl (C=O) groups excluding carboxylic acids is 1. The van der Waals surface area contributed by atoms with Crippen molar-refractivity contribution in [3.63, 3.8) is 0 Å². The van der Waals surface area contributed by atoms with Crippen molar-refractivity contribution in [1.29, 1.82) is 0 Å². The summed E-state index contributed by atoms with van der Waals surface area (Å²) < 4.78 is 0. The Balaban J connectivity index is 1.94. The maximum absolute atomic E-state index is 12.1. The van der Waals surface area contributed by atoms with Crippen LogP contribution in [0.4, 0.5) is 11.4 Å². The summed E-state index contributed by atoms with van der Waals surface area (Å²) >= 11 is 0. The molecule has 3 nitrogen and oxygen atoms in total. The van der Waals surface area contributed by atoms with E-state index in [0.717, 1.165) is 12.1 Å². The van der Waals surface area contributed by atoms with Crippen LogP contribution in [0.1, 0.15) is 12.0 Å². The minimum absolute atomic E-state index is 0.105. The van der Waals surface area contributed by atoms with E-state index in [1.807, 2.05) is 42.5 Å². The molecule has 3 heteroatoms. The highest BCUT2D eigenvalue weighted by Crippen LogP contribution is 2.16. The lowest BCUT2D eigenvalue weighted by atomic mass is 10.1. The van der Waals surface area contributed by atoms with E-state index in [0.29, 0.717) is 12.1 Å². The zero-order valence-corrected chi connectivity index (χ0v) is 11.0. The normalized spacial score (nSPS) is 10.2. The predicted molar refractivity (Wildman–Crippen MR) is 79.0 cm³/mol. The number of aryl methyl sites for hydroxylation is 1. The zero-order valence-electron chi connectivity index (χ0n) is 11.0. The number of nitrogens with two attached hydrogens (primary N) is 1. The van der Waals surface area contributed by atoms with Crippen molar-refractivity contribution in [3.05, 3.63) is 60.2 Å². The molecule has 98 valence electrons. The monoisotopic (exact) mass is 254 g/mol. The second kappa shape index (κ2) is 6.05. The van der Waals surface area contributed by atoms with Gasteiger partial charge in [-0.2, -0.15) is 0 Å². The van der Waals surface area contributed by atoms with Crippen LogP contribution in [0.2, 0.25) is 0 Å². The van der Waals surface area contributed by atoms with Gasteiger partial charge in [0.1, 0.15) is 0 Å². The third kappa shape index (κ3) is 3.58. The molecule has 0 radical (unpaired) electrons. The Hall–Kier alpha value is -2.29. The van der Waals surface area contributed by atoms with Gasteiger partial charge in [-0.3, -0.25) is 4.79 Å². The first kappa shape index (κ1) is 13.1. The van der Waals surface area contributed by atoms with Crippen LogP contribution in [0.15, 0.2) is 54.6 Å². The average molecular weight is 254 g/mol. The lowest BCUT2D eigenvalue weighted by molar-refractivity contribution is -0.118. The lowest BCUT2D eigenvalue weighted by Crippen LogP contribution is -2.26. The van der Waals surface area contributed by atoms with Crippen molar-refractivity contribution >= 4 is 17.3 Å². The molecule has 1 amide bonds. The number of carbonyl (C=O) groups is 1. The fraction of sp³-hybridized carbons (Fsp3) is 0.188. The molecule has 0 saturated heterocycles. The lowest BCUT2D eigenvalue weighted by Gasteiger charge is -2.17. The van der Waals surface area contributed by atoms with Crippen molar-refractivity contribution in [3.8, 4) is 0 Å². The van der Waals surface area contributed by atoms with Crippen molar-refractivity contribution < 1.29 is 4.79 Å². The molecule has 2 aromatic carbocycles. The summed E-state index contributed by atoms with van der Waals surface area (Å²) in [5.41, 5.74) is 8.39. The molecule has 0 fully saturated rings. The van der Waals surface area contributed by atoms with Crippen molar-refractivity contribution in [1.82, 2.24) is 0 Å². The van der Waals surface area contributed by atoms with Gasteiger partial charge in [-0.15, -0.1) is 0 Å². The summed E-state index contributed by atoms with van der Waals surface area (Å²) in [7, 11) is 1.79. The van der Waals surface area contributed by atoms with Crippen molar-refractivity contribution in [2.24, 2.45) is 0 Å². The number of nitrogens with zero attached hydrogens (tertiary/aromatic N) is 1. The summed E-state index contributed by atoms with van der Waals surface area (Å²) in [5.74, 6) is 0.105. The molecular weight excluding hydrogens is 236 g/mol. The quantitative estimate of drug-likeness (QED) is 0.853. The second-order valence-electron chi connectivity index (χ2n) is 4.53. The van der Waals surface area contributed by atoms with Crippen molar-refractivity contribution in [2.75, 3.05) is 17.7 Å². The van der Waals surface area contributed by atoms with Crippen LogP contribution in [-0.2, 0) is 11.2 Å². The van der Waals surface area contributed by atoms with E-state index in [9.17, 15) is 4.79 Å². The zero-order chi connectivity index (χ0) is 13.7. The van der Waals surface area contributed by atoms with Gasteiger partial charge in [0.2, 0.25) is 5.91 Å². The smallest absolute Gasteiger partial charge is 0.227 e. The molecule has 0 aliphatic carbocycles. The van der Waals surface area contributed by atoms with Crippen molar-refractivity contribution in [2.45, 2.75) is 12.8 Å². The first-order valence-corrected chi connectivity index (χ1v) is 6.33. The van der Waals surface area contributed by atoms with Crippen LogP contribution in [0.5, 0.6) is 0 Å². The van der Waals surface area contributed by atoms with Gasteiger partial charge in [0.05, 0.1) is 0 Å². The van der Waals surface area contributed by atoms with Gasteiger partial charge in [-0.1, -0.05) is 30.3 Å². The minimum Gasteiger partial charge on any atom is -0.399 e. The SMILES string of the molecule is CN(C(=O)CCc1ccccc1)c1ccc(N)cc1. The second-order valence-corrected chi connectivity index (χ2v) is 4.53. The van der Waals surface area contributed by atoms with E-state index in [1.165, 1.54) is 5.56 Å². The average Bonchev–Trinajstić information content (AvgIpc) is 2.46. The molecule has 0 bridgehead atoms. The molecule has 2 rings (SSSR count). The molecule has 2 N–H and O–H groups in total. The minimum atomic E-state index is 0.105. The molecule has 0 saturated carbocycles. The van der Waals surface area contributed by atoms with E-state index in [-0.39, 0.29) is 5.91 Å². The summed E-state index contributed by atoms with van der Waals surface area (Å²) in [6, 6.07) is 17.4. The fourth-order valence-corrected chi connectivity index (χ4v) is 1.91. The van der Waals surface area contributed by atoms with Crippen LogP contribution in [0, 0.1) is 0 Å². The Morgan fingerprint density at radius 1 is 1.05 bits per heavy atom. The molecule has 0 aliphatic heterocycles. The Kier molecular flexibility index (Phi) is 4.18. The Bertz CT molecular complexity index is 534. The molecule has 0 atom stereocenters.